The molecule has 0 saturated heterocycles. The number of fused-ring (bicyclic) bond motifs is 1. The molecule has 1 aromatic heterocycles. The maximum Gasteiger partial charge on any atom is 0.276 e. The molecule has 1 aliphatic rings. The van der Waals surface area contributed by atoms with Gasteiger partial charge in [-0.15, -0.1) is 12.4 Å². The highest BCUT2D eigenvalue weighted by molar-refractivity contribution is 6.04. The van der Waals surface area contributed by atoms with E-state index in [1.54, 1.807) is 29.2 Å². The van der Waals surface area contributed by atoms with E-state index in [1.165, 1.54) is 0 Å². The quantitative estimate of drug-likeness (QED) is 0.745. The highest BCUT2D eigenvalue weighted by Gasteiger charge is 2.21. The number of nitrogens with zero attached hydrogens (tertiary/aromatic N) is 2. The van der Waals surface area contributed by atoms with Crippen molar-refractivity contribution in [1.82, 2.24) is 20.4 Å². The van der Waals surface area contributed by atoms with Crippen molar-refractivity contribution < 1.29 is 9.59 Å². The Balaban J connectivity index is 0.00000243. The van der Waals surface area contributed by atoms with Crippen LogP contribution in [0.1, 0.15) is 46.0 Å². The average molecular weight is 378 g/mol. The first kappa shape index (κ1) is 19.9. The summed E-state index contributed by atoms with van der Waals surface area (Å²) in [6.45, 7) is 6.78. The molecule has 0 bridgehead atoms. The van der Waals surface area contributed by atoms with Gasteiger partial charge in [0.05, 0.1) is 0 Å². The molecule has 3 rings (SSSR count). The van der Waals surface area contributed by atoms with Crippen molar-refractivity contribution in [3.63, 3.8) is 0 Å². The Bertz CT molecular complexity index is 768. The van der Waals surface area contributed by atoms with E-state index in [4.69, 9.17) is 0 Å². The van der Waals surface area contributed by atoms with E-state index < -0.39 is 0 Å². The zero-order chi connectivity index (χ0) is 17.8. The maximum absolute atomic E-state index is 12.5. The monoisotopic (exact) mass is 377 g/mol. The summed E-state index contributed by atoms with van der Waals surface area (Å²) in [5.41, 5.74) is 3.62. The van der Waals surface area contributed by atoms with Crippen molar-refractivity contribution in [1.29, 1.82) is 0 Å². The molecule has 140 valence electrons. The van der Waals surface area contributed by atoms with Crippen molar-refractivity contribution in [2.24, 2.45) is 0 Å². The fraction of sp³-hybridized carbons (Fsp3) is 0.389. The van der Waals surface area contributed by atoms with Crippen molar-refractivity contribution >= 4 is 29.9 Å². The van der Waals surface area contributed by atoms with Crippen LogP contribution >= 0.6 is 12.4 Å². The molecule has 0 atom stereocenters. The molecule has 0 unspecified atom stereocenters. The van der Waals surface area contributed by atoms with E-state index in [1.807, 2.05) is 13.8 Å². The summed E-state index contributed by atoms with van der Waals surface area (Å²) in [5.74, 6) is -0.251. The Morgan fingerprint density at radius 3 is 2.54 bits per heavy atom. The Kier molecular flexibility index (Phi) is 6.76. The van der Waals surface area contributed by atoms with Gasteiger partial charge in [0, 0.05) is 55.1 Å². The number of nitrogens with one attached hydrogen (secondary N) is 3. The maximum atomic E-state index is 12.5. The van der Waals surface area contributed by atoms with Gasteiger partial charge >= 0.3 is 0 Å². The summed E-state index contributed by atoms with van der Waals surface area (Å²) in [6.07, 6.45) is 0.845. The van der Waals surface area contributed by atoms with E-state index in [0.29, 0.717) is 36.6 Å². The number of hydrogen-bond acceptors (Lipinski definition) is 4. The zero-order valence-electron chi connectivity index (χ0n) is 15.0. The van der Waals surface area contributed by atoms with Gasteiger partial charge in [0.1, 0.15) is 0 Å². The molecule has 0 spiro atoms. The normalized spacial score (nSPS) is 12.7. The van der Waals surface area contributed by atoms with Gasteiger partial charge in [-0.2, -0.15) is 5.10 Å². The van der Waals surface area contributed by atoms with Gasteiger partial charge in [-0.3, -0.25) is 14.7 Å². The number of amides is 2. The highest BCUT2D eigenvalue weighted by atomic mass is 35.5. The van der Waals surface area contributed by atoms with Crippen LogP contribution in [0, 0.1) is 0 Å². The van der Waals surface area contributed by atoms with Crippen LogP contribution in [0.5, 0.6) is 0 Å². The number of aromatic nitrogens is 2. The molecule has 2 amide bonds. The standard InChI is InChI=1S/C18H23N5O2.ClH/c1-3-23(4-2)18(25)12-5-7-13(8-6-12)20-17(24)16-14-11-19-10-9-15(14)21-22-16;/h5-8,19H,3-4,9-11H2,1-2H3,(H,20,24)(H,21,22);1H. The van der Waals surface area contributed by atoms with E-state index in [-0.39, 0.29) is 24.2 Å². The number of benzene rings is 1. The first-order valence-corrected chi connectivity index (χ1v) is 8.61. The fourth-order valence-corrected chi connectivity index (χ4v) is 2.99. The number of anilines is 1. The first-order chi connectivity index (χ1) is 12.1. The largest absolute Gasteiger partial charge is 0.339 e. The summed E-state index contributed by atoms with van der Waals surface area (Å²) in [7, 11) is 0. The first-order valence-electron chi connectivity index (χ1n) is 8.61. The average Bonchev–Trinajstić information content (AvgIpc) is 3.07. The van der Waals surface area contributed by atoms with Gasteiger partial charge in [-0.1, -0.05) is 0 Å². The molecule has 0 aliphatic carbocycles. The molecule has 2 heterocycles. The SMILES string of the molecule is CCN(CC)C(=O)c1ccc(NC(=O)c2n[nH]c3c2CNCC3)cc1.Cl. The molecule has 0 saturated carbocycles. The number of aromatic amines is 1. The minimum Gasteiger partial charge on any atom is -0.339 e. The van der Waals surface area contributed by atoms with Crippen molar-refractivity contribution in [3.05, 3.63) is 46.8 Å². The molecule has 8 heteroatoms. The summed E-state index contributed by atoms with van der Waals surface area (Å²) in [6, 6.07) is 6.95. The van der Waals surface area contributed by atoms with Crippen LogP contribution in [0.2, 0.25) is 0 Å². The number of hydrogen-bond donors (Lipinski definition) is 3. The molecule has 1 aromatic carbocycles. The van der Waals surface area contributed by atoms with Crippen LogP contribution in [0.3, 0.4) is 0 Å². The lowest BCUT2D eigenvalue weighted by Gasteiger charge is -2.18. The van der Waals surface area contributed by atoms with Crippen molar-refractivity contribution in [3.8, 4) is 0 Å². The third-order valence-electron chi connectivity index (χ3n) is 4.46. The summed E-state index contributed by atoms with van der Waals surface area (Å²) >= 11 is 0. The smallest absolute Gasteiger partial charge is 0.276 e. The van der Waals surface area contributed by atoms with Gasteiger partial charge in [0.2, 0.25) is 0 Å². The van der Waals surface area contributed by atoms with Crippen LogP contribution in [-0.2, 0) is 13.0 Å². The lowest BCUT2D eigenvalue weighted by Crippen LogP contribution is -2.30. The van der Waals surface area contributed by atoms with Gasteiger partial charge in [-0.25, -0.2) is 0 Å². The van der Waals surface area contributed by atoms with Crippen LogP contribution in [0.25, 0.3) is 0 Å². The molecule has 3 N–H and O–H groups in total. The molecule has 0 fully saturated rings. The Morgan fingerprint density at radius 2 is 1.88 bits per heavy atom. The number of halogens is 1. The molecular weight excluding hydrogens is 354 g/mol. The topological polar surface area (TPSA) is 90.1 Å². The summed E-state index contributed by atoms with van der Waals surface area (Å²) in [4.78, 5) is 26.5. The van der Waals surface area contributed by atoms with E-state index in [2.05, 4.69) is 20.8 Å². The van der Waals surface area contributed by atoms with E-state index in [9.17, 15) is 9.59 Å². The van der Waals surface area contributed by atoms with Gasteiger partial charge in [-0.05, 0) is 38.1 Å². The van der Waals surface area contributed by atoms with Gasteiger partial charge in [0.15, 0.2) is 5.69 Å². The van der Waals surface area contributed by atoms with Gasteiger partial charge < -0.3 is 15.5 Å². The number of rotatable bonds is 5. The summed E-state index contributed by atoms with van der Waals surface area (Å²) < 4.78 is 0. The van der Waals surface area contributed by atoms with Crippen LogP contribution in [0.15, 0.2) is 24.3 Å². The van der Waals surface area contributed by atoms with E-state index in [0.717, 1.165) is 24.2 Å². The minimum absolute atomic E-state index is 0. The zero-order valence-corrected chi connectivity index (χ0v) is 15.8. The Labute approximate surface area is 159 Å². The molecule has 0 radical (unpaired) electrons. The van der Waals surface area contributed by atoms with E-state index >= 15 is 0 Å². The molecule has 2 aromatic rings. The van der Waals surface area contributed by atoms with Gasteiger partial charge in [0.25, 0.3) is 11.8 Å². The Hall–Kier alpha value is -2.38. The van der Waals surface area contributed by atoms with Crippen LogP contribution in [-0.4, -0.2) is 46.5 Å². The number of carbonyl (C=O) groups is 2. The van der Waals surface area contributed by atoms with Crippen molar-refractivity contribution in [2.75, 3.05) is 25.0 Å². The third-order valence-corrected chi connectivity index (χ3v) is 4.46. The minimum atomic E-state index is -0.246. The third kappa shape index (κ3) is 4.05. The lowest BCUT2D eigenvalue weighted by atomic mass is 10.1. The second-order valence-corrected chi connectivity index (χ2v) is 5.97. The number of H-pyrrole nitrogens is 1. The van der Waals surface area contributed by atoms with Crippen LogP contribution in [0.4, 0.5) is 5.69 Å². The second kappa shape index (κ2) is 8.82. The Morgan fingerprint density at radius 1 is 1.19 bits per heavy atom. The lowest BCUT2D eigenvalue weighted by molar-refractivity contribution is 0.0773. The molecule has 7 nitrogen and oxygen atoms in total. The number of carbonyl (C=O) groups excluding carboxylic acids is 2. The summed E-state index contributed by atoms with van der Waals surface area (Å²) in [5, 5.41) is 13.2. The molecular formula is C18H24ClN5O2. The predicted octanol–water partition coefficient (Wildman–Crippen LogP) is 2.21. The molecule has 1 aliphatic heterocycles. The predicted molar refractivity (Wildman–Crippen MR) is 103 cm³/mol. The van der Waals surface area contributed by atoms with Crippen molar-refractivity contribution in [2.45, 2.75) is 26.8 Å². The molecule has 26 heavy (non-hydrogen) atoms. The second-order valence-electron chi connectivity index (χ2n) is 5.97. The fourth-order valence-electron chi connectivity index (χ4n) is 2.99. The van der Waals surface area contributed by atoms with Crippen LogP contribution < -0.4 is 10.6 Å². The highest BCUT2D eigenvalue weighted by Crippen LogP contribution is 2.18.